The van der Waals surface area contributed by atoms with Crippen LogP contribution in [0, 0.1) is 5.41 Å². The van der Waals surface area contributed by atoms with E-state index in [1.54, 1.807) is 0 Å². The molecule has 1 saturated carbocycles. The predicted octanol–water partition coefficient (Wildman–Crippen LogP) is 4.09. The van der Waals surface area contributed by atoms with Crippen molar-refractivity contribution in [1.82, 2.24) is 5.32 Å². The molecule has 114 valence electrons. The van der Waals surface area contributed by atoms with E-state index in [0.717, 1.165) is 13.2 Å². The maximum Gasteiger partial charge on any atom is 0.0658 e. The number of rotatable bonds is 9. The summed E-state index contributed by atoms with van der Waals surface area (Å²) < 4.78 is 6.29. The molecule has 0 aromatic carbocycles. The summed E-state index contributed by atoms with van der Waals surface area (Å²) in [5, 5.41) is 3.84. The maximum absolute atomic E-state index is 5.88. The van der Waals surface area contributed by atoms with E-state index in [4.69, 9.17) is 4.74 Å². The van der Waals surface area contributed by atoms with Gasteiger partial charge in [0, 0.05) is 29.4 Å². The van der Waals surface area contributed by atoms with Gasteiger partial charge in [0.15, 0.2) is 0 Å². The van der Waals surface area contributed by atoms with Gasteiger partial charge in [0.25, 0.3) is 0 Å². The number of hydrogen-bond donors (Lipinski definition) is 1. The summed E-state index contributed by atoms with van der Waals surface area (Å²) in [7, 11) is 0. The number of hydrogen-bond acceptors (Lipinski definition) is 3. The zero-order valence-corrected chi connectivity index (χ0v) is 14.5. The fourth-order valence-corrected chi connectivity index (χ4v) is 4.04. The Balaban J connectivity index is 2.55. The highest BCUT2D eigenvalue weighted by atomic mass is 32.2. The van der Waals surface area contributed by atoms with Crippen LogP contribution in [0.3, 0.4) is 0 Å². The van der Waals surface area contributed by atoms with Gasteiger partial charge in [0.2, 0.25) is 0 Å². The van der Waals surface area contributed by atoms with Crippen LogP contribution in [0.4, 0.5) is 0 Å². The molecule has 0 aromatic heterocycles. The fraction of sp³-hybridized carbons (Fsp3) is 1.00. The van der Waals surface area contributed by atoms with Crippen LogP contribution in [-0.4, -0.2) is 36.3 Å². The summed E-state index contributed by atoms with van der Waals surface area (Å²) in [6.07, 6.45) is 7.55. The van der Waals surface area contributed by atoms with E-state index >= 15 is 0 Å². The van der Waals surface area contributed by atoms with E-state index in [2.05, 4.69) is 46.2 Å². The first-order chi connectivity index (χ1) is 9.01. The van der Waals surface area contributed by atoms with E-state index in [-0.39, 0.29) is 0 Å². The number of nitrogens with one attached hydrogen (secondary N) is 1. The zero-order chi connectivity index (χ0) is 14.5. The van der Waals surface area contributed by atoms with Crippen LogP contribution in [0.15, 0.2) is 0 Å². The Morgan fingerprint density at radius 1 is 1.26 bits per heavy atom. The molecule has 1 aliphatic rings. The molecular formula is C16H33NOS. The van der Waals surface area contributed by atoms with Crippen molar-refractivity contribution in [3.05, 3.63) is 0 Å². The lowest BCUT2D eigenvalue weighted by Crippen LogP contribution is -2.63. The highest BCUT2D eigenvalue weighted by Gasteiger charge is 2.51. The second-order valence-corrected chi connectivity index (χ2v) is 7.34. The second-order valence-electron chi connectivity index (χ2n) is 6.07. The van der Waals surface area contributed by atoms with E-state index in [1.165, 1.54) is 25.7 Å². The average molecular weight is 288 g/mol. The summed E-state index contributed by atoms with van der Waals surface area (Å²) >= 11 is 2.02. The molecule has 0 radical (unpaired) electrons. The molecule has 1 aliphatic carbocycles. The lowest BCUT2D eigenvalue weighted by atomic mass is 9.61. The third kappa shape index (κ3) is 3.48. The van der Waals surface area contributed by atoms with Crippen molar-refractivity contribution in [2.24, 2.45) is 5.41 Å². The van der Waals surface area contributed by atoms with Crippen molar-refractivity contribution >= 4 is 11.8 Å². The largest absolute Gasteiger partial charge is 0.378 e. The smallest absolute Gasteiger partial charge is 0.0658 e. The first kappa shape index (κ1) is 17.3. The molecule has 3 heteroatoms. The third-order valence-electron chi connectivity index (χ3n) is 5.50. The Morgan fingerprint density at radius 3 is 2.32 bits per heavy atom. The lowest BCUT2D eigenvalue weighted by molar-refractivity contribution is -0.126. The monoisotopic (exact) mass is 287 g/mol. The van der Waals surface area contributed by atoms with Gasteiger partial charge in [0.05, 0.1) is 6.10 Å². The minimum atomic E-state index is 0.321. The van der Waals surface area contributed by atoms with E-state index < -0.39 is 0 Å². The Labute approximate surface area is 124 Å². The Bertz CT molecular complexity index is 259. The minimum absolute atomic E-state index is 0.321. The molecule has 1 N–H and O–H groups in total. The van der Waals surface area contributed by atoms with Crippen molar-refractivity contribution in [3.8, 4) is 0 Å². The summed E-state index contributed by atoms with van der Waals surface area (Å²) in [4.78, 5) is 0. The van der Waals surface area contributed by atoms with Gasteiger partial charge in [-0.05, 0) is 38.9 Å². The quantitative estimate of drug-likeness (QED) is 0.690. The molecule has 0 saturated heterocycles. The van der Waals surface area contributed by atoms with Crippen LogP contribution in [-0.2, 0) is 4.74 Å². The fourth-order valence-electron chi connectivity index (χ4n) is 3.24. The Hall–Kier alpha value is 0.270. The van der Waals surface area contributed by atoms with Gasteiger partial charge in [-0.15, -0.1) is 0 Å². The van der Waals surface area contributed by atoms with Gasteiger partial charge in [-0.25, -0.2) is 0 Å². The summed E-state index contributed by atoms with van der Waals surface area (Å²) in [5.41, 5.74) is 0.321. The molecule has 1 rings (SSSR count). The number of thioether (sulfide) groups is 1. The summed E-state index contributed by atoms with van der Waals surface area (Å²) in [6.45, 7) is 13.4. The molecule has 0 heterocycles. The maximum atomic E-state index is 5.88. The Morgan fingerprint density at radius 2 is 1.89 bits per heavy atom. The van der Waals surface area contributed by atoms with Gasteiger partial charge >= 0.3 is 0 Å². The average Bonchev–Trinajstić information content (AvgIpc) is 2.45. The minimum Gasteiger partial charge on any atom is -0.378 e. The zero-order valence-electron chi connectivity index (χ0n) is 13.7. The van der Waals surface area contributed by atoms with Crippen molar-refractivity contribution in [2.75, 3.05) is 19.4 Å². The van der Waals surface area contributed by atoms with Crippen molar-refractivity contribution in [3.63, 3.8) is 0 Å². The van der Waals surface area contributed by atoms with Crippen molar-refractivity contribution in [2.45, 2.75) is 77.2 Å². The first-order valence-corrected chi connectivity index (χ1v) is 9.14. The molecule has 0 bridgehead atoms. The first-order valence-electron chi connectivity index (χ1n) is 7.92. The van der Waals surface area contributed by atoms with Gasteiger partial charge in [-0.1, -0.05) is 27.7 Å². The normalized spacial score (nSPS) is 31.3. The molecule has 2 nitrogen and oxygen atoms in total. The molecule has 1 fully saturated rings. The molecule has 3 unspecified atom stereocenters. The molecule has 0 amide bonds. The van der Waals surface area contributed by atoms with Crippen molar-refractivity contribution < 1.29 is 4.74 Å². The molecular weight excluding hydrogens is 254 g/mol. The summed E-state index contributed by atoms with van der Waals surface area (Å²) in [6, 6.07) is 0.624. The van der Waals surface area contributed by atoms with Gasteiger partial charge < -0.3 is 10.1 Å². The third-order valence-corrected chi connectivity index (χ3v) is 7.09. The van der Waals surface area contributed by atoms with Crippen LogP contribution in [0.1, 0.15) is 60.3 Å². The molecule has 19 heavy (non-hydrogen) atoms. The van der Waals surface area contributed by atoms with Gasteiger partial charge in [-0.3, -0.25) is 0 Å². The summed E-state index contributed by atoms with van der Waals surface area (Å²) in [5.74, 6) is 0. The van der Waals surface area contributed by atoms with Crippen LogP contribution in [0.25, 0.3) is 0 Å². The standard InChI is InChI=1S/C16H33NOS/c1-7-15(5)13(11-14(15)18-10-4)17-12-16(8-2,9-3)19-6/h13-14,17H,7-12H2,1-6H3. The lowest BCUT2D eigenvalue weighted by Gasteiger charge is -2.54. The molecule has 0 spiro atoms. The number of ether oxygens (including phenoxy) is 1. The van der Waals surface area contributed by atoms with Crippen LogP contribution in [0.2, 0.25) is 0 Å². The molecule has 0 aromatic rings. The van der Waals surface area contributed by atoms with Gasteiger partial charge in [0.1, 0.15) is 0 Å². The van der Waals surface area contributed by atoms with E-state index in [9.17, 15) is 0 Å². The molecule has 3 atom stereocenters. The van der Waals surface area contributed by atoms with Crippen LogP contribution in [0.5, 0.6) is 0 Å². The SMILES string of the molecule is CCOC1CC(NCC(CC)(CC)SC)C1(C)CC. The Kier molecular flexibility index (Phi) is 6.68. The highest BCUT2D eigenvalue weighted by molar-refractivity contribution is 8.00. The predicted molar refractivity (Wildman–Crippen MR) is 87.0 cm³/mol. The second kappa shape index (κ2) is 7.33. The topological polar surface area (TPSA) is 21.3 Å². The highest BCUT2D eigenvalue weighted by Crippen LogP contribution is 2.46. The van der Waals surface area contributed by atoms with Crippen LogP contribution >= 0.6 is 11.8 Å². The van der Waals surface area contributed by atoms with E-state index in [1.807, 2.05) is 11.8 Å². The van der Waals surface area contributed by atoms with E-state index in [0.29, 0.717) is 22.3 Å². The van der Waals surface area contributed by atoms with Gasteiger partial charge in [-0.2, -0.15) is 11.8 Å². The molecule has 0 aliphatic heterocycles. The van der Waals surface area contributed by atoms with Crippen molar-refractivity contribution in [1.29, 1.82) is 0 Å². The van der Waals surface area contributed by atoms with Crippen LogP contribution < -0.4 is 5.32 Å².